The first-order valence-electron chi connectivity index (χ1n) is 10.6. The number of aromatic nitrogens is 2. The minimum absolute atomic E-state index is 0.250. The zero-order chi connectivity index (χ0) is 24.5. The third kappa shape index (κ3) is 7.57. The Morgan fingerprint density at radius 2 is 1.71 bits per heavy atom. The van der Waals surface area contributed by atoms with Crippen molar-refractivity contribution in [3.05, 3.63) is 70.5 Å². The fraction of sp³-hybridized carbons (Fsp3) is 0.250. The van der Waals surface area contributed by atoms with Crippen LogP contribution in [-0.2, 0) is 4.52 Å². The third-order valence-corrected chi connectivity index (χ3v) is 7.01. The Balaban J connectivity index is 0.00000103. The Labute approximate surface area is 215 Å². The molecular formula is C24H26Cl2N3O3PS. The molecule has 0 spiro atoms. The van der Waals surface area contributed by atoms with Gasteiger partial charge in [-0.3, -0.25) is 0 Å². The number of hydrogen-bond acceptors (Lipinski definition) is 7. The first-order chi connectivity index (χ1) is 16.4. The number of benzene rings is 3. The fourth-order valence-electron chi connectivity index (χ4n) is 3.03. The highest BCUT2D eigenvalue weighted by atomic mass is 35.5. The van der Waals surface area contributed by atoms with Crippen LogP contribution in [0.3, 0.4) is 0 Å². The smallest absolute Gasteiger partial charge is 0.223 e. The topological polar surface area (TPSA) is 71.6 Å². The molecule has 0 radical (unpaired) electrons. The molecule has 1 unspecified atom stereocenters. The van der Waals surface area contributed by atoms with E-state index in [1.54, 1.807) is 31.9 Å². The summed E-state index contributed by atoms with van der Waals surface area (Å²) >= 11 is 14.0. The molecule has 6 nitrogen and oxygen atoms in total. The van der Waals surface area contributed by atoms with E-state index in [1.807, 2.05) is 25.1 Å². The van der Waals surface area contributed by atoms with Crippen LogP contribution >= 0.6 is 44.0 Å². The van der Waals surface area contributed by atoms with Gasteiger partial charge in [-0.1, -0.05) is 46.6 Å². The van der Waals surface area contributed by atoms with Crippen molar-refractivity contribution in [2.75, 3.05) is 23.8 Å². The average Bonchev–Trinajstić information content (AvgIpc) is 3.24. The van der Waals surface area contributed by atoms with E-state index in [9.17, 15) is 0 Å². The largest absolute Gasteiger partial charge is 0.397 e. The van der Waals surface area contributed by atoms with Gasteiger partial charge in [0.15, 0.2) is 0 Å². The molecule has 0 fully saturated rings. The lowest BCUT2D eigenvalue weighted by Gasteiger charge is -2.23. The molecule has 0 aliphatic carbocycles. The van der Waals surface area contributed by atoms with Crippen LogP contribution in [0.2, 0.25) is 10.0 Å². The summed E-state index contributed by atoms with van der Waals surface area (Å²) in [4.78, 5) is 5.29. The maximum Gasteiger partial charge on any atom is 0.223 e. The molecule has 1 atom stereocenters. The van der Waals surface area contributed by atoms with Crippen LogP contribution in [0.4, 0.5) is 5.69 Å². The molecule has 1 N–H and O–H groups in total. The Kier molecular flexibility index (Phi) is 10.5. The van der Waals surface area contributed by atoms with Crippen LogP contribution in [0, 0.1) is 6.92 Å². The van der Waals surface area contributed by atoms with Gasteiger partial charge in [-0.2, -0.15) is 4.98 Å². The number of aliphatic hydroxyl groups excluding tert-OH is 1. The van der Waals surface area contributed by atoms with Crippen molar-refractivity contribution in [1.82, 2.24) is 10.1 Å². The van der Waals surface area contributed by atoms with Crippen molar-refractivity contribution in [2.24, 2.45) is 0 Å². The Morgan fingerprint density at radius 1 is 1.03 bits per heavy atom. The van der Waals surface area contributed by atoms with E-state index in [4.69, 9.17) is 37.4 Å². The normalized spacial score (nSPS) is 11.1. The number of rotatable bonds is 8. The van der Waals surface area contributed by atoms with E-state index in [2.05, 4.69) is 44.8 Å². The van der Waals surface area contributed by atoms with Crippen LogP contribution in [0.25, 0.3) is 22.2 Å². The van der Waals surface area contributed by atoms with Gasteiger partial charge in [-0.25, -0.2) is 0 Å². The number of nitrogens with zero attached hydrogens (tertiary/aromatic N) is 3. The van der Waals surface area contributed by atoms with E-state index < -0.39 is 0 Å². The van der Waals surface area contributed by atoms with Gasteiger partial charge in [0.05, 0.1) is 6.29 Å². The monoisotopic (exact) mass is 537 g/mol. The molecule has 4 rings (SSSR count). The highest BCUT2D eigenvalue weighted by molar-refractivity contribution is 8.00. The van der Waals surface area contributed by atoms with E-state index in [0.717, 1.165) is 33.2 Å². The van der Waals surface area contributed by atoms with Gasteiger partial charge in [0.2, 0.25) is 11.7 Å². The van der Waals surface area contributed by atoms with Crippen LogP contribution in [-0.4, -0.2) is 34.7 Å². The molecule has 34 heavy (non-hydrogen) atoms. The van der Waals surface area contributed by atoms with Gasteiger partial charge >= 0.3 is 0 Å². The van der Waals surface area contributed by atoms with Gasteiger partial charge in [-0.15, -0.1) is 0 Å². The molecule has 0 amide bonds. The minimum atomic E-state index is 0.250. The summed E-state index contributed by atoms with van der Waals surface area (Å²) in [7, 11) is 0.355. The van der Waals surface area contributed by atoms with Gasteiger partial charge < -0.3 is 18.5 Å². The Morgan fingerprint density at radius 3 is 2.35 bits per heavy atom. The second-order valence-electron chi connectivity index (χ2n) is 7.01. The molecule has 1 aromatic heterocycles. The molecule has 0 aliphatic heterocycles. The van der Waals surface area contributed by atoms with Crippen LogP contribution in [0.15, 0.2) is 64.0 Å². The first kappa shape index (κ1) is 26.7. The molecule has 0 bridgehead atoms. The summed E-state index contributed by atoms with van der Waals surface area (Å²) in [6.07, 6.45) is 0.744. The zero-order valence-corrected chi connectivity index (χ0v) is 22.4. The summed E-state index contributed by atoms with van der Waals surface area (Å²) in [5, 5.41) is 15.0. The lowest BCUT2D eigenvalue weighted by Crippen LogP contribution is -2.12. The quantitative estimate of drug-likeness (QED) is 0.141. The van der Waals surface area contributed by atoms with Crippen LogP contribution < -0.4 is 4.31 Å². The molecule has 10 heteroatoms. The maximum absolute atomic E-state index is 7.57. The first-order valence-corrected chi connectivity index (χ1v) is 13.3. The number of anilines is 1. The third-order valence-electron chi connectivity index (χ3n) is 4.40. The molecule has 1 heterocycles. The van der Waals surface area contributed by atoms with Crippen molar-refractivity contribution in [3.8, 4) is 11.4 Å². The summed E-state index contributed by atoms with van der Waals surface area (Å²) in [5.74, 6) is 1.14. The van der Waals surface area contributed by atoms with E-state index in [0.29, 0.717) is 37.2 Å². The summed E-state index contributed by atoms with van der Waals surface area (Å²) < 4.78 is 12.9. The molecular weight excluding hydrogens is 512 g/mol. The SMILES string of the molecule is CCO.CCOPCN(Sc1cc(Cl)cc(Cl)c1)c1ccc2cc(-c3noc(C)n3)ccc2c1. The lowest BCUT2D eigenvalue weighted by atomic mass is 10.1. The van der Waals surface area contributed by atoms with Crippen molar-refractivity contribution < 1.29 is 14.2 Å². The molecule has 0 saturated heterocycles. The molecule has 3 aromatic carbocycles. The Hall–Kier alpha value is -1.86. The number of aliphatic hydroxyl groups is 1. The molecule has 180 valence electrons. The molecule has 0 aliphatic rings. The summed E-state index contributed by atoms with van der Waals surface area (Å²) in [6.45, 7) is 6.40. The van der Waals surface area contributed by atoms with Crippen molar-refractivity contribution in [1.29, 1.82) is 0 Å². The number of aryl methyl sites for hydroxylation is 1. The number of halogens is 2. The Bertz CT molecular complexity index is 1210. The highest BCUT2D eigenvalue weighted by Crippen LogP contribution is 2.36. The van der Waals surface area contributed by atoms with Crippen LogP contribution in [0.5, 0.6) is 0 Å². The van der Waals surface area contributed by atoms with Crippen molar-refractivity contribution in [3.63, 3.8) is 0 Å². The summed E-state index contributed by atoms with van der Waals surface area (Å²) in [6, 6.07) is 18.1. The lowest BCUT2D eigenvalue weighted by molar-refractivity contribution is 0.318. The fourth-order valence-corrected chi connectivity index (χ4v) is 5.53. The van der Waals surface area contributed by atoms with Gasteiger partial charge in [0, 0.05) is 55.1 Å². The van der Waals surface area contributed by atoms with Gasteiger partial charge in [-0.05, 0) is 73.0 Å². The van der Waals surface area contributed by atoms with E-state index >= 15 is 0 Å². The minimum Gasteiger partial charge on any atom is -0.397 e. The predicted molar refractivity (Wildman–Crippen MR) is 144 cm³/mol. The van der Waals surface area contributed by atoms with Gasteiger partial charge in [0.25, 0.3) is 0 Å². The van der Waals surface area contributed by atoms with Crippen LogP contribution in [0.1, 0.15) is 19.7 Å². The second-order valence-corrected chi connectivity index (χ2v) is 9.87. The molecule has 4 aromatic rings. The second kappa shape index (κ2) is 13.3. The summed E-state index contributed by atoms with van der Waals surface area (Å²) in [5.41, 5.74) is 2.00. The van der Waals surface area contributed by atoms with Crippen molar-refractivity contribution in [2.45, 2.75) is 25.7 Å². The maximum atomic E-state index is 7.57. The zero-order valence-electron chi connectivity index (χ0n) is 19.1. The number of fused-ring (bicyclic) bond motifs is 1. The van der Waals surface area contributed by atoms with Gasteiger partial charge in [0.1, 0.15) is 0 Å². The van der Waals surface area contributed by atoms with E-state index in [1.165, 1.54) is 0 Å². The number of hydrogen-bond donors (Lipinski definition) is 1. The standard InChI is InChI=1S/C22H20Cl2N3O2PS.C2H6O/c1-3-28-30-13-27(31-21-11-18(23)10-19(24)12-21)20-7-6-15-8-17(5-4-16(15)9-20)22-25-14(2)29-26-22;1-2-3/h4-12,30H,3,13H2,1-2H3;3H,2H2,1H3. The van der Waals surface area contributed by atoms with Crippen molar-refractivity contribution >= 4 is 60.4 Å². The predicted octanol–water partition coefficient (Wildman–Crippen LogP) is 7.60. The average molecular weight is 538 g/mol. The van der Waals surface area contributed by atoms with E-state index in [-0.39, 0.29) is 6.61 Å². The highest BCUT2D eigenvalue weighted by Gasteiger charge is 2.12. The molecule has 0 saturated carbocycles.